The summed E-state index contributed by atoms with van der Waals surface area (Å²) in [7, 11) is 0. The number of esters is 2. The van der Waals surface area contributed by atoms with Crippen LogP contribution >= 0.6 is 12.2 Å². The SMILES string of the molecule is CC(=O)Oc1ccc(C(O)=S)cc1OC(C)=O.[Na]. The first-order chi connectivity index (χ1) is 7.90. The van der Waals surface area contributed by atoms with Crippen molar-refractivity contribution in [1.29, 1.82) is 0 Å². The summed E-state index contributed by atoms with van der Waals surface area (Å²) in [5.74, 6) is -0.994. The number of hydrogen-bond donors (Lipinski definition) is 1. The largest absolute Gasteiger partial charge is 0.499 e. The van der Waals surface area contributed by atoms with Crippen molar-refractivity contribution in [3.63, 3.8) is 0 Å². The molecule has 0 saturated heterocycles. The van der Waals surface area contributed by atoms with Crippen LogP contribution in [0.5, 0.6) is 11.5 Å². The monoisotopic (exact) mass is 277 g/mol. The van der Waals surface area contributed by atoms with Gasteiger partial charge in [-0.05, 0) is 30.4 Å². The number of benzene rings is 1. The number of aliphatic hydroxyl groups is 1. The van der Waals surface area contributed by atoms with Gasteiger partial charge in [-0.2, -0.15) is 0 Å². The van der Waals surface area contributed by atoms with Crippen molar-refractivity contribution in [2.75, 3.05) is 0 Å². The molecule has 0 aliphatic rings. The Labute approximate surface area is 131 Å². The average molecular weight is 277 g/mol. The van der Waals surface area contributed by atoms with Gasteiger partial charge in [0, 0.05) is 49.0 Å². The van der Waals surface area contributed by atoms with Crippen molar-refractivity contribution in [2.45, 2.75) is 13.8 Å². The van der Waals surface area contributed by atoms with Crippen LogP contribution in [-0.4, -0.2) is 51.7 Å². The van der Waals surface area contributed by atoms with Crippen molar-refractivity contribution < 1.29 is 24.2 Å². The number of ether oxygens (including phenoxy) is 2. The first-order valence-corrected chi connectivity index (χ1v) is 5.05. The van der Waals surface area contributed by atoms with Gasteiger partial charge in [-0.1, -0.05) is 0 Å². The van der Waals surface area contributed by atoms with E-state index in [1.165, 1.54) is 32.0 Å². The number of aliphatic hydroxyl groups excluding tert-OH is 1. The molecule has 18 heavy (non-hydrogen) atoms. The molecule has 1 rings (SSSR count). The van der Waals surface area contributed by atoms with Gasteiger partial charge in [0.15, 0.2) is 16.5 Å². The minimum atomic E-state index is -0.570. The second-order valence-electron chi connectivity index (χ2n) is 3.15. The molecule has 0 spiro atoms. The number of carbonyl (C=O) groups is 2. The van der Waals surface area contributed by atoms with Crippen LogP contribution in [0.1, 0.15) is 19.4 Å². The van der Waals surface area contributed by atoms with Gasteiger partial charge in [0.05, 0.1) is 0 Å². The van der Waals surface area contributed by atoms with Crippen LogP contribution in [0.4, 0.5) is 0 Å². The van der Waals surface area contributed by atoms with E-state index in [0.29, 0.717) is 5.56 Å². The molecule has 1 radical (unpaired) electrons. The molecule has 0 fully saturated rings. The van der Waals surface area contributed by atoms with Crippen LogP contribution in [0.25, 0.3) is 0 Å². The minimum absolute atomic E-state index is 0. The second-order valence-corrected chi connectivity index (χ2v) is 3.54. The van der Waals surface area contributed by atoms with Crippen molar-refractivity contribution in [1.82, 2.24) is 0 Å². The molecule has 0 aliphatic heterocycles. The quantitative estimate of drug-likeness (QED) is 0.389. The topological polar surface area (TPSA) is 72.8 Å². The van der Waals surface area contributed by atoms with E-state index in [0.717, 1.165) is 0 Å². The molecule has 7 heteroatoms. The van der Waals surface area contributed by atoms with E-state index < -0.39 is 11.9 Å². The van der Waals surface area contributed by atoms with E-state index in [-0.39, 0.29) is 46.1 Å². The molecule has 0 heterocycles. The summed E-state index contributed by atoms with van der Waals surface area (Å²) in [6.07, 6.45) is 0. The maximum absolute atomic E-state index is 10.9. The Morgan fingerprint density at radius 2 is 1.61 bits per heavy atom. The molecule has 1 aromatic carbocycles. The van der Waals surface area contributed by atoms with E-state index in [2.05, 4.69) is 12.2 Å². The smallest absolute Gasteiger partial charge is 0.308 e. The van der Waals surface area contributed by atoms with Crippen LogP contribution in [0, 0.1) is 0 Å². The maximum Gasteiger partial charge on any atom is 0.308 e. The van der Waals surface area contributed by atoms with E-state index in [1.54, 1.807) is 0 Å². The summed E-state index contributed by atoms with van der Waals surface area (Å²) >= 11 is 4.57. The van der Waals surface area contributed by atoms with Gasteiger partial charge in [0.1, 0.15) is 0 Å². The Morgan fingerprint density at radius 1 is 1.11 bits per heavy atom. The normalized spacial score (nSPS) is 9.00. The van der Waals surface area contributed by atoms with Crippen LogP contribution in [0.3, 0.4) is 0 Å². The predicted molar refractivity (Wildman–Crippen MR) is 69.1 cm³/mol. The Hall–Kier alpha value is -0.950. The number of carbonyl (C=O) groups excluding carboxylic acids is 2. The summed E-state index contributed by atoms with van der Waals surface area (Å²) in [4.78, 5) is 21.7. The Kier molecular flexibility index (Phi) is 7.08. The average Bonchev–Trinajstić information content (AvgIpc) is 2.18. The third-order valence-electron chi connectivity index (χ3n) is 1.70. The third kappa shape index (κ3) is 5.14. The van der Waals surface area contributed by atoms with Crippen LogP contribution < -0.4 is 9.47 Å². The van der Waals surface area contributed by atoms with E-state index in [1.807, 2.05) is 0 Å². The van der Waals surface area contributed by atoms with Crippen molar-refractivity contribution >= 4 is 58.8 Å². The van der Waals surface area contributed by atoms with Gasteiger partial charge in [0.25, 0.3) is 0 Å². The molecule has 0 bridgehead atoms. The molecule has 1 N–H and O–H groups in total. The Bertz CT molecular complexity index is 486. The second kappa shape index (κ2) is 7.48. The van der Waals surface area contributed by atoms with E-state index in [4.69, 9.17) is 14.6 Å². The van der Waals surface area contributed by atoms with Gasteiger partial charge < -0.3 is 14.6 Å². The molecule has 91 valence electrons. The molecule has 1 aromatic rings. The zero-order chi connectivity index (χ0) is 13.0. The van der Waals surface area contributed by atoms with Crippen molar-refractivity contribution in [2.24, 2.45) is 0 Å². The first kappa shape index (κ1) is 17.1. The summed E-state index contributed by atoms with van der Waals surface area (Å²) in [5, 5.41) is 8.80. The number of thiocarbonyl (C=S) groups is 1. The van der Waals surface area contributed by atoms with Crippen molar-refractivity contribution in [3.05, 3.63) is 23.8 Å². The molecular formula is C11H10NaO5S. The standard InChI is InChI=1S/C11H10O5S.Na/c1-6(12)15-9-4-3-8(11(14)17)5-10(9)16-7(2)13;/h3-5H,1-2H3,(H,14,17);. The molecular weight excluding hydrogens is 267 g/mol. The fourth-order valence-corrected chi connectivity index (χ4v) is 1.24. The molecule has 5 nitrogen and oxygen atoms in total. The fourth-order valence-electron chi connectivity index (χ4n) is 1.11. The molecule has 0 aliphatic carbocycles. The molecule has 0 aromatic heterocycles. The minimum Gasteiger partial charge on any atom is -0.499 e. The molecule has 0 unspecified atom stereocenters. The Morgan fingerprint density at radius 3 is 2.06 bits per heavy atom. The van der Waals surface area contributed by atoms with Gasteiger partial charge in [-0.25, -0.2) is 0 Å². The molecule has 0 amide bonds. The summed E-state index contributed by atoms with van der Waals surface area (Å²) < 4.78 is 9.69. The van der Waals surface area contributed by atoms with Crippen molar-refractivity contribution in [3.8, 4) is 11.5 Å². The molecule has 0 atom stereocenters. The Balaban J connectivity index is 0.00000289. The van der Waals surface area contributed by atoms with Gasteiger partial charge in [-0.3, -0.25) is 9.59 Å². The predicted octanol–water partition coefficient (Wildman–Crippen LogP) is 1.39. The van der Waals surface area contributed by atoms with Crippen LogP contribution in [0.15, 0.2) is 18.2 Å². The summed E-state index contributed by atoms with van der Waals surface area (Å²) in [6.45, 7) is 2.43. The van der Waals surface area contributed by atoms with Crippen LogP contribution in [-0.2, 0) is 9.59 Å². The van der Waals surface area contributed by atoms with E-state index in [9.17, 15) is 9.59 Å². The first-order valence-electron chi connectivity index (χ1n) is 4.64. The third-order valence-corrected chi connectivity index (χ3v) is 1.93. The summed E-state index contributed by atoms with van der Waals surface area (Å²) in [6, 6.07) is 4.16. The van der Waals surface area contributed by atoms with Gasteiger partial charge in [0.2, 0.25) is 0 Å². The number of rotatable bonds is 3. The van der Waals surface area contributed by atoms with Crippen LogP contribution in [0.2, 0.25) is 0 Å². The zero-order valence-electron chi connectivity index (χ0n) is 10.2. The van der Waals surface area contributed by atoms with Gasteiger partial charge >= 0.3 is 11.9 Å². The number of hydrogen-bond acceptors (Lipinski definition) is 5. The summed E-state index contributed by atoms with van der Waals surface area (Å²) in [5.41, 5.74) is 0.298. The van der Waals surface area contributed by atoms with Gasteiger partial charge in [-0.15, -0.1) is 0 Å². The zero-order valence-corrected chi connectivity index (χ0v) is 13.0. The van der Waals surface area contributed by atoms with E-state index >= 15 is 0 Å². The molecule has 0 saturated carbocycles. The fraction of sp³-hybridized carbons (Fsp3) is 0.182. The maximum atomic E-state index is 10.9.